The lowest BCUT2D eigenvalue weighted by molar-refractivity contribution is -0.117. The molecule has 10 heteroatoms. The average molecular weight is 433 g/mol. The summed E-state index contributed by atoms with van der Waals surface area (Å²) in [5.74, 6) is -0.437. The number of nitrogens with zero attached hydrogens (tertiary/aromatic N) is 1. The maximum atomic E-state index is 13.0. The van der Waals surface area contributed by atoms with Crippen LogP contribution in [0.4, 0.5) is 5.69 Å². The standard InChI is InChI=1S/C20H28N6O3S/c21-17(6-4-10-24-20(22)23)19(27)25-15-8-9-16-14(13-15)5-3-7-18(16)30(28,29)26-11-1-2-12-26/h3,5,7-9,13,17H,1-2,4,6,10-12,21H2,(H,25,27)(H4,22,23,24)/t17-/m0/s1. The monoisotopic (exact) mass is 432 g/mol. The molecular formula is C20H28N6O3S. The molecule has 1 aliphatic rings. The van der Waals surface area contributed by atoms with Crippen LogP contribution in [-0.4, -0.2) is 50.3 Å². The lowest BCUT2D eigenvalue weighted by Gasteiger charge is -2.17. The topological polar surface area (TPSA) is 154 Å². The minimum Gasteiger partial charge on any atom is -0.370 e. The fourth-order valence-electron chi connectivity index (χ4n) is 3.54. The number of fused-ring (bicyclic) bond motifs is 1. The van der Waals surface area contributed by atoms with Crippen LogP contribution in [0.5, 0.6) is 0 Å². The molecule has 1 amide bonds. The third kappa shape index (κ3) is 5.07. The van der Waals surface area contributed by atoms with Crippen LogP contribution in [0.1, 0.15) is 25.7 Å². The highest BCUT2D eigenvalue weighted by Gasteiger charge is 2.28. The third-order valence-electron chi connectivity index (χ3n) is 5.13. The first-order chi connectivity index (χ1) is 14.3. The summed E-state index contributed by atoms with van der Waals surface area (Å²) in [6, 6.07) is 9.62. The van der Waals surface area contributed by atoms with E-state index in [9.17, 15) is 13.2 Å². The molecule has 9 nitrogen and oxygen atoms in total. The molecule has 7 N–H and O–H groups in total. The molecule has 0 bridgehead atoms. The predicted octanol–water partition coefficient (Wildman–Crippen LogP) is 1.15. The van der Waals surface area contributed by atoms with E-state index < -0.39 is 16.1 Å². The number of sulfonamides is 1. The van der Waals surface area contributed by atoms with Crippen LogP contribution >= 0.6 is 0 Å². The second-order valence-electron chi connectivity index (χ2n) is 7.38. The first-order valence-electron chi connectivity index (χ1n) is 9.96. The minimum atomic E-state index is -3.54. The van der Waals surface area contributed by atoms with Gasteiger partial charge in [0.25, 0.3) is 0 Å². The number of nitrogens with two attached hydrogens (primary N) is 2. The largest absolute Gasteiger partial charge is 0.370 e. The van der Waals surface area contributed by atoms with E-state index in [0.717, 1.165) is 18.2 Å². The third-order valence-corrected chi connectivity index (χ3v) is 7.09. The molecule has 0 unspecified atom stereocenters. The van der Waals surface area contributed by atoms with Crippen molar-refractivity contribution in [2.45, 2.75) is 36.6 Å². The zero-order valence-corrected chi connectivity index (χ0v) is 17.5. The number of benzene rings is 2. The second kappa shape index (κ2) is 9.41. The van der Waals surface area contributed by atoms with E-state index in [4.69, 9.17) is 16.9 Å². The van der Waals surface area contributed by atoms with Gasteiger partial charge < -0.3 is 22.1 Å². The zero-order valence-electron chi connectivity index (χ0n) is 16.7. The van der Waals surface area contributed by atoms with Crippen LogP contribution in [0, 0.1) is 5.41 Å². The molecule has 162 valence electrons. The highest BCUT2D eigenvalue weighted by molar-refractivity contribution is 7.89. The number of carbonyl (C=O) groups is 1. The Balaban J connectivity index is 1.71. The average Bonchev–Trinajstić information content (AvgIpc) is 3.26. The van der Waals surface area contributed by atoms with Gasteiger partial charge in [-0.15, -0.1) is 0 Å². The Morgan fingerprint density at radius 2 is 1.93 bits per heavy atom. The molecule has 1 aliphatic heterocycles. The fourth-order valence-corrected chi connectivity index (χ4v) is 5.27. The summed E-state index contributed by atoms with van der Waals surface area (Å²) in [4.78, 5) is 12.6. The second-order valence-corrected chi connectivity index (χ2v) is 9.29. The minimum absolute atomic E-state index is 0.115. The van der Waals surface area contributed by atoms with Gasteiger partial charge >= 0.3 is 0 Å². The number of nitrogens with one attached hydrogen (secondary N) is 3. The smallest absolute Gasteiger partial charge is 0.243 e. The maximum Gasteiger partial charge on any atom is 0.243 e. The van der Waals surface area contributed by atoms with E-state index in [1.165, 1.54) is 4.31 Å². The molecule has 0 aliphatic carbocycles. The van der Waals surface area contributed by atoms with Crippen molar-refractivity contribution in [2.24, 2.45) is 11.5 Å². The normalized spacial score (nSPS) is 15.8. The molecule has 2 aromatic carbocycles. The van der Waals surface area contributed by atoms with Gasteiger partial charge in [0.2, 0.25) is 15.9 Å². The van der Waals surface area contributed by atoms with E-state index in [2.05, 4.69) is 10.6 Å². The van der Waals surface area contributed by atoms with Crippen molar-refractivity contribution in [3.05, 3.63) is 36.4 Å². The molecule has 30 heavy (non-hydrogen) atoms. The molecule has 1 heterocycles. The Hall–Kier alpha value is -2.69. The van der Waals surface area contributed by atoms with Crippen molar-refractivity contribution >= 4 is 38.3 Å². The van der Waals surface area contributed by atoms with E-state index >= 15 is 0 Å². The van der Waals surface area contributed by atoms with Crippen LogP contribution < -0.4 is 22.1 Å². The van der Waals surface area contributed by atoms with Gasteiger partial charge in [-0.25, -0.2) is 8.42 Å². The summed E-state index contributed by atoms with van der Waals surface area (Å²) < 4.78 is 27.5. The molecule has 0 aromatic heterocycles. The number of hydrogen-bond donors (Lipinski definition) is 5. The van der Waals surface area contributed by atoms with Gasteiger partial charge in [-0.05, 0) is 49.3 Å². The van der Waals surface area contributed by atoms with E-state index in [1.807, 2.05) is 6.07 Å². The molecule has 2 aromatic rings. The predicted molar refractivity (Wildman–Crippen MR) is 118 cm³/mol. The highest BCUT2D eigenvalue weighted by Crippen LogP contribution is 2.29. The van der Waals surface area contributed by atoms with Crippen molar-refractivity contribution in [3.8, 4) is 0 Å². The Morgan fingerprint density at radius 3 is 2.63 bits per heavy atom. The molecule has 1 atom stereocenters. The summed E-state index contributed by atoms with van der Waals surface area (Å²) in [7, 11) is -3.54. The number of amides is 1. The summed E-state index contributed by atoms with van der Waals surface area (Å²) in [5.41, 5.74) is 11.7. The Morgan fingerprint density at radius 1 is 1.20 bits per heavy atom. The van der Waals surface area contributed by atoms with Crippen molar-refractivity contribution in [2.75, 3.05) is 25.0 Å². The van der Waals surface area contributed by atoms with E-state index in [0.29, 0.717) is 43.5 Å². The quantitative estimate of drug-likeness (QED) is 0.239. The van der Waals surface area contributed by atoms with Crippen LogP contribution in [0.15, 0.2) is 41.3 Å². The Bertz CT molecular complexity index is 1030. The maximum absolute atomic E-state index is 13.0. The first-order valence-corrected chi connectivity index (χ1v) is 11.4. The number of carbonyl (C=O) groups excluding carboxylic acids is 1. The molecule has 0 saturated carbocycles. The van der Waals surface area contributed by atoms with Crippen LogP contribution in [-0.2, 0) is 14.8 Å². The van der Waals surface area contributed by atoms with E-state index in [1.54, 1.807) is 30.3 Å². The highest BCUT2D eigenvalue weighted by atomic mass is 32.2. The molecular weight excluding hydrogens is 404 g/mol. The van der Waals surface area contributed by atoms with Gasteiger partial charge in [0.1, 0.15) is 0 Å². The zero-order chi connectivity index (χ0) is 21.7. The number of hydrogen-bond acceptors (Lipinski definition) is 5. The number of anilines is 1. The summed E-state index contributed by atoms with van der Waals surface area (Å²) in [6.07, 6.45) is 2.80. The number of rotatable bonds is 8. The van der Waals surface area contributed by atoms with Crippen LogP contribution in [0.25, 0.3) is 10.8 Å². The van der Waals surface area contributed by atoms with Gasteiger partial charge in [0, 0.05) is 30.7 Å². The van der Waals surface area contributed by atoms with Crippen molar-refractivity contribution in [3.63, 3.8) is 0 Å². The molecule has 1 fully saturated rings. The fraction of sp³-hybridized carbons (Fsp3) is 0.400. The van der Waals surface area contributed by atoms with Crippen molar-refractivity contribution < 1.29 is 13.2 Å². The molecule has 0 radical (unpaired) electrons. The van der Waals surface area contributed by atoms with Crippen LogP contribution in [0.2, 0.25) is 0 Å². The lowest BCUT2D eigenvalue weighted by atomic mass is 10.1. The van der Waals surface area contributed by atoms with Crippen molar-refractivity contribution in [1.82, 2.24) is 9.62 Å². The van der Waals surface area contributed by atoms with Gasteiger partial charge in [0.05, 0.1) is 10.9 Å². The van der Waals surface area contributed by atoms with E-state index in [-0.39, 0.29) is 16.8 Å². The Kier molecular flexibility index (Phi) is 6.91. The lowest BCUT2D eigenvalue weighted by Crippen LogP contribution is -2.37. The first kappa shape index (κ1) is 22.0. The van der Waals surface area contributed by atoms with Gasteiger partial charge in [-0.2, -0.15) is 4.31 Å². The van der Waals surface area contributed by atoms with Gasteiger partial charge in [-0.3, -0.25) is 10.2 Å². The van der Waals surface area contributed by atoms with Gasteiger partial charge in [0.15, 0.2) is 5.96 Å². The molecule has 0 spiro atoms. The molecule has 1 saturated heterocycles. The summed E-state index contributed by atoms with van der Waals surface area (Å²) in [5, 5.41) is 13.9. The van der Waals surface area contributed by atoms with Gasteiger partial charge in [-0.1, -0.05) is 18.2 Å². The molecule has 3 rings (SSSR count). The SMILES string of the molecule is N=C(N)NCCC[C@H](N)C(=O)Nc1ccc2c(S(=O)(=O)N3CCCC3)cccc2c1. The Labute approximate surface area is 176 Å². The van der Waals surface area contributed by atoms with Crippen LogP contribution in [0.3, 0.4) is 0 Å². The number of guanidine groups is 1. The summed E-state index contributed by atoms with van der Waals surface area (Å²) >= 11 is 0. The van der Waals surface area contributed by atoms with Crippen molar-refractivity contribution in [1.29, 1.82) is 5.41 Å². The summed E-state index contributed by atoms with van der Waals surface area (Å²) in [6.45, 7) is 1.57.